The van der Waals surface area contributed by atoms with Crippen LogP contribution in [-0.4, -0.2) is 0 Å². The van der Waals surface area contributed by atoms with Gasteiger partial charge in [-0.3, -0.25) is 0 Å². The van der Waals surface area contributed by atoms with Crippen LogP contribution >= 0.6 is 0 Å². The third kappa shape index (κ3) is 3.72. The fourth-order valence-electron chi connectivity index (χ4n) is 9.33. The molecule has 1 aromatic heterocycles. The number of fused-ring (bicyclic) bond motifs is 11. The molecule has 0 N–H and O–H groups in total. The summed E-state index contributed by atoms with van der Waals surface area (Å²) in [7, 11) is 0. The number of benzene rings is 8. The predicted molar refractivity (Wildman–Crippen MR) is 212 cm³/mol. The molecule has 0 bridgehead atoms. The third-order valence-electron chi connectivity index (χ3n) is 11.7. The molecule has 1 heteroatoms. The standard InChI is InChI=1S/C49H34O/c1-49(2)42-25-23-30-26-41-33-15-9-10-21-44(33)50-45(41)28-40(30)48(42)39-24-22-31(27-43(39)49)46-35-16-5-7-18-37(35)47(38-19-8-6-17-36(38)46)34-20-11-13-29-12-3-4-14-32(29)34/h3-9,11-20,22-28H,10,21H2,1-2H3. The molecule has 0 fully saturated rings. The number of furan rings is 1. The maximum atomic E-state index is 6.47. The van der Waals surface area contributed by atoms with Crippen LogP contribution in [0.1, 0.15) is 42.7 Å². The lowest BCUT2D eigenvalue weighted by atomic mass is 9.80. The van der Waals surface area contributed by atoms with Crippen LogP contribution < -0.4 is 0 Å². The van der Waals surface area contributed by atoms with E-state index < -0.39 is 0 Å². The van der Waals surface area contributed by atoms with Gasteiger partial charge in [0.1, 0.15) is 11.3 Å². The van der Waals surface area contributed by atoms with Crippen molar-refractivity contribution in [1.29, 1.82) is 0 Å². The normalized spacial score (nSPS) is 14.5. The predicted octanol–water partition coefficient (Wildman–Crippen LogP) is 13.6. The van der Waals surface area contributed by atoms with Crippen molar-refractivity contribution in [2.75, 3.05) is 0 Å². The average molecular weight is 639 g/mol. The van der Waals surface area contributed by atoms with Crippen molar-refractivity contribution in [3.05, 3.63) is 162 Å². The van der Waals surface area contributed by atoms with Gasteiger partial charge < -0.3 is 4.42 Å². The minimum atomic E-state index is -0.149. The van der Waals surface area contributed by atoms with Crippen LogP contribution in [0.5, 0.6) is 0 Å². The van der Waals surface area contributed by atoms with E-state index in [-0.39, 0.29) is 5.41 Å². The fourth-order valence-corrected chi connectivity index (χ4v) is 9.33. The molecule has 9 aromatic rings. The van der Waals surface area contributed by atoms with E-state index in [4.69, 9.17) is 4.42 Å². The zero-order chi connectivity index (χ0) is 33.1. The first-order valence-electron chi connectivity index (χ1n) is 17.8. The van der Waals surface area contributed by atoms with Crippen molar-refractivity contribution in [3.63, 3.8) is 0 Å². The van der Waals surface area contributed by atoms with Gasteiger partial charge in [0.2, 0.25) is 0 Å². The topological polar surface area (TPSA) is 13.1 Å². The lowest BCUT2D eigenvalue weighted by Gasteiger charge is -2.23. The molecule has 11 rings (SSSR count). The Morgan fingerprint density at radius 2 is 1.20 bits per heavy atom. The molecule has 0 atom stereocenters. The molecule has 0 saturated heterocycles. The summed E-state index contributed by atoms with van der Waals surface area (Å²) in [6.07, 6.45) is 6.53. The molecule has 0 saturated carbocycles. The zero-order valence-electron chi connectivity index (χ0n) is 28.2. The van der Waals surface area contributed by atoms with Crippen LogP contribution in [0.2, 0.25) is 0 Å². The van der Waals surface area contributed by atoms with Crippen molar-refractivity contribution in [3.8, 4) is 33.4 Å². The molecular weight excluding hydrogens is 605 g/mol. The minimum Gasteiger partial charge on any atom is -0.460 e. The Bertz CT molecular complexity index is 2890. The van der Waals surface area contributed by atoms with Crippen LogP contribution in [-0.2, 0) is 11.8 Å². The highest BCUT2D eigenvalue weighted by Gasteiger charge is 2.37. The lowest BCUT2D eigenvalue weighted by molar-refractivity contribution is 0.546. The summed E-state index contributed by atoms with van der Waals surface area (Å²) in [5.41, 5.74) is 12.7. The number of allylic oxidation sites excluding steroid dienone is 1. The molecule has 0 amide bonds. The summed E-state index contributed by atoms with van der Waals surface area (Å²) in [6, 6.07) is 50.0. The molecule has 8 aromatic carbocycles. The average Bonchev–Trinajstić information content (AvgIpc) is 3.63. The van der Waals surface area contributed by atoms with Crippen molar-refractivity contribution in [1.82, 2.24) is 0 Å². The summed E-state index contributed by atoms with van der Waals surface area (Å²) >= 11 is 0. The lowest BCUT2D eigenvalue weighted by Crippen LogP contribution is -2.15. The fraction of sp³-hybridized carbons (Fsp3) is 0.102. The molecule has 50 heavy (non-hydrogen) atoms. The van der Waals surface area contributed by atoms with Crippen LogP contribution in [0, 0.1) is 0 Å². The summed E-state index contributed by atoms with van der Waals surface area (Å²) in [4.78, 5) is 0. The van der Waals surface area contributed by atoms with E-state index in [9.17, 15) is 0 Å². The Hall–Kier alpha value is -5.92. The van der Waals surface area contributed by atoms with Crippen LogP contribution in [0.25, 0.3) is 93.5 Å². The molecule has 0 radical (unpaired) electrons. The van der Waals surface area contributed by atoms with Gasteiger partial charge in [0.05, 0.1) is 0 Å². The highest BCUT2D eigenvalue weighted by molar-refractivity contribution is 6.23. The second-order valence-corrected chi connectivity index (χ2v) is 14.7. The molecule has 236 valence electrons. The van der Waals surface area contributed by atoms with Crippen molar-refractivity contribution >= 4 is 60.1 Å². The molecule has 1 nitrogen and oxygen atoms in total. The van der Waals surface area contributed by atoms with Crippen LogP contribution in [0.15, 0.2) is 144 Å². The third-order valence-corrected chi connectivity index (χ3v) is 11.7. The van der Waals surface area contributed by atoms with Gasteiger partial charge in [-0.1, -0.05) is 141 Å². The van der Waals surface area contributed by atoms with Gasteiger partial charge in [0.25, 0.3) is 0 Å². The van der Waals surface area contributed by atoms with Gasteiger partial charge in [0, 0.05) is 22.8 Å². The Balaban J connectivity index is 1.16. The van der Waals surface area contributed by atoms with Gasteiger partial charge in [0.15, 0.2) is 0 Å². The number of hydrogen-bond acceptors (Lipinski definition) is 1. The number of hydrogen-bond donors (Lipinski definition) is 0. The van der Waals surface area contributed by atoms with E-state index in [0.717, 1.165) is 24.2 Å². The van der Waals surface area contributed by atoms with Crippen LogP contribution in [0.4, 0.5) is 0 Å². The maximum Gasteiger partial charge on any atom is 0.135 e. The first-order chi connectivity index (χ1) is 24.6. The zero-order valence-corrected chi connectivity index (χ0v) is 28.2. The smallest absolute Gasteiger partial charge is 0.135 e. The van der Waals surface area contributed by atoms with Crippen LogP contribution in [0.3, 0.4) is 0 Å². The van der Waals surface area contributed by atoms with E-state index in [0.29, 0.717) is 0 Å². The van der Waals surface area contributed by atoms with E-state index in [1.54, 1.807) is 0 Å². The summed E-state index contributed by atoms with van der Waals surface area (Å²) in [5, 5.41) is 11.5. The molecule has 1 heterocycles. The van der Waals surface area contributed by atoms with Crippen molar-refractivity contribution in [2.45, 2.75) is 32.1 Å². The quantitative estimate of drug-likeness (QED) is 0.172. The van der Waals surface area contributed by atoms with Crippen molar-refractivity contribution in [2.24, 2.45) is 0 Å². The SMILES string of the molecule is CC1(C)c2cc(-c3c4ccccc4c(-c4cccc5ccccc45)c4ccccc34)ccc2-c2c1ccc1cc3c4c(oc3cc21)CCC=C4. The first kappa shape index (κ1) is 28.0. The Morgan fingerprint density at radius 3 is 1.98 bits per heavy atom. The van der Waals surface area contributed by atoms with E-state index in [1.165, 1.54) is 98.5 Å². The molecular formula is C49H34O. The molecule has 0 spiro atoms. The summed E-state index contributed by atoms with van der Waals surface area (Å²) < 4.78 is 6.47. The van der Waals surface area contributed by atoms with E-state index >= 15 is 0 Å². The Labute approximate surface area is 291 Å². The summed E-state index contributed by atoms with van der Waals surface area (Å²) in [6.45, 7) is 4.78. The first-order valence-corrected chi connectivity index (χ1v) is 17.8. The maximum absolute atomic E-state index is 6.47. The highest BCUT2D eigenvalue weighted by Crippen LogP contribution is 2.54. The van der Waals surface area contributed by atoms with Gasteiger partial charge in [-0.05, 0) is 112 Å². The minimum absolute atomic E-state index is 0.149. The number of aryl methyl sites for hydroxylation is 1. The largest absolute Gasteiger partial charge is 0.460 e. The van der Waals surface area contributed by atoms with E-state index in [2.05, 4.69) is 159 Å². The Kier molecular flexibility index (Phi) is 5.63. The van der Waals surface area contributed by atoms with Gasteiger partial charge in [-0.25, -0.2) is 0 Å². The highest BCUT2D eigenvalue weighted by atomic mass is 16.3. The monoisotopic (exact) mass is 638 g/mol. The molecule has 2 aliphatic rings. The van der Waals surface area contributed by atoms with E-state index in [1.807, 2.05) is 0 Å². The molecule has 0 unspecified atom stereocenters. The Morgan fingerprint density at radius 1 is 0.500 bits per heavy atom. The summed E-state index contributed by atoms with van der Waals surface area (Å²) in [5.74, 6) is 1.12. The molecule has 0 aliphatic heterocycles. The second kappa shape index (κ2) is 10.1. The number of rotatable bonds is 2. The van der Waals surface area contributed by atoms with Gasteiger partial charge >= 0.3 is 0 Å². The van der Waals surface area contributed by atoms with Crippen molar-refractivity contribution < 1.29 is 4.42 Å². The van der Waals surface area contributed by atoms with Gasteiger partial charge in [-0.2, -0.15) is 0 Å². The van der Waals surface area contributed by atoms with Gasteiger partial charge in [-0.15, -0.1) is 0 Å². The molecule has 2 aliphatic carbocycles. The second-order valence-electron chi connectivity index (χ2n) is 14.7.